The molecule has 0 spiro atoms. The fraction of sp³-hybridized carbons (Fsp3) is 0.286. The minimum absolute atomic E-state index is 0.166. The minimum Gasteiger partial charge on any atom is -0.496 e. The Kier molecular flexibility index (Phi) is 5.64. The van der Waals surface area contributed by atoms with Gasteiger partial charge in [0.15, 0.2) is 0 Å². The molecule has 6 nitrogen and oxygen atoms in total. The van der Waals surface area contributed by atoms with Gasteiger partial charge in [0.1, 0.15) is 28.1 Å². The van der Waals surface area contributed by atoms with Crippen molar-refractivity contribution in [2.24, 2.45) is 0 Å². The molecule has 0 fully saturated rings. The lowest BCUT2D eigenvalue weighted by molar-refractivity contribution is 0.316. The molecule has 1 aromatic heterocycles. The van der Waals surface area contributed by atoms with E-state index in [0.29, 0.717) is 17.2 Å². The maximum Gasteiger partial charge on any atom is 0.250 e. The predicted molar refractivity (Wildman–Crippen MR) is 84.5 cm³/mol. The average molecular weight is 343 g/mol. The van der Waals surface area contributed by atoms with Gasteiger partial charge in [0.05, 0.1) is 14.2 Å². The van der Waals surface area contributed by atoms with Gasteiger partial charge in [0, 0.05) is 24.7 Å². The number of sulfonamides is 1. The van der Waals surface area contributed by atoms with Crippen molar-refractivity contribution >= 4 is 21.4 Å². The molecule has 0 aliphatic rings. The Morgan fingerprint density at radius 2 is 1.73 bits per heavy atom. The smallest absolute Gasteiger partial charge is 0.250 e. The number of thiophene rings is 1. The number of nitrogens with one attached hydrogen (secondary N) is 1. The Morgan fingerprint density at radius 3 is 2.27 bits per heavy atom. The SMILES string of the molecule is COc1cc(OC)cc(OCCNS(=O)(=O)c2cccs2)c1. The van der Waals surface area contributed by atoms with E-state index >= 15 is 0 Å². The average Bonchev–Trinajstić information content (AvgIpc) is 3.06. The maximum absolute atomic E-state index is 11.9. The Bertz CT molecular complexity index is 676. The van der Waals surface area contributed by atoms with Gasteiger partial charge in [-0.15, -0.1) is 11.3 Å². The molecule has 0 atom stereocenters. The summed E-state index contributed by atoms with van der Waals surface area (Å²) in [5.41, 5.74) is 0. The predicted octanol–water partition coefficient (Wildman–Crippen LogP) is 2.12. The minimum atomic E-state index is -3.46. The van der Waals surface area contributed by atoms with Crippen LogP contribution >= 0.6 is 11.3 Å². The second kappa shape index (κ2) is 7.48. The Hall–Kier alpha value is -1.77. The molecule has 8 heteroatoms. The fourth-order valence-electron chi connectivity index (χ4n) is 1.70. The van der Waals surface area contributed by atoms with E-state index in [1.54, 1.807) is 49.9 Å². The molecule has 1 aromatic carbocycles. The van der Waals surface area contributed by atoms with Gasteiger partial charge >= 0.3 is 0 Å². The van der Waals surface area contributed by atoms with E-state index in [9.17, 15) is 8.42 Å². The van der Waals surface area contributed by atoms with Crippen molar-refractivity contribution in [2.75, 3.05) is 27.4 Å². The molecule has 2 aromatic rings. The lowest BCUT2D eigenvalue weighted by atomic mass is 10.3. The van der Waals surface area contributed by atoms with E-state index in [1.807, 2.05) is 0 Å². The summed E-state index contributed by atoms with van der Waals surface area (Å²) < 4.78 is 42.4. The third-order valence-electron chi connectivity index (χ3n) is 2.75. The number of rotatable bonds is 8. The van der Waals surface area contributed by atoms with Crippen LogP contribution in [0, 0.1) is 0 Å². The van der Waals surface area contributed by atoms with Crippen LogP contribution in [0.25, 0.3) is 0 Å². The molecule has 0 radical (unpaired) electrons. The number of ether oxygens (including phenoxy) is 3. The van der Waals surface area contributed by atoms with Crippen molar-refractivity contribution in [3.05, 3.63) is 35.7 Å². The summed E-state index contributed by atoms with van der Waals surface area (Å²) in [7, 11) is -0.359. The van der Waals surface area contributed by atoms with Gasteiger partial charge in [0.2, 0.25) is 10.0 Å². The first-order valence-electron chi connectivity index (χ1n) is 6.44. The zero-order chi connectivity index (χ0) is 16.0. The molecule has 0 amide bonds. The van der Waals surface area contributed by atoms with E-state index in [2.05, 4.69) is 4.72 Å². The van der Waals surface area contributed by atoms with E-state index in [-0.39, 0.29) is 17.4 Å². The molecule has 0 bridgehead atoms. The van der Waals surface area contributed by atoms with Crippen LogP contribution in [0.15, 0.2) is 39.9 Å². The number of methoxy groups -OCH3 is 2. The molecule has 1 N–H and O–H groups in total. The van der Waals surface area contributed by atoms with E-state index in [1.165, 1.54) is 11.3 Å². The van der Waals surface area contributed by atoms with Gasteiger partial charge in [-0.3, -0.25) is 0 Å². The third-order valence-corrected chi connectivity index (χ3v) is 5.61. The fourth-order valence-corrected chi connectivity index (χ4v) is 3.75. The van der Waals surface area contributed by atoms with Crippen LogP contribution in [-0.4, -0.2) is 35.8 Å². The zero-order valence-electron chi connectivity index (χ0n) is 12.2. The van der Waals surface area contributed by atoms with Crippen molar-refractivity contribution < 1.29 is 22.6 Å². The Labute approximate surface area is 133 Å². The second-order valence-electron chi connectivity index (χ2n) is 4.23. The van der Waals surface area contributed by atoms with E-state index in [0.717, 1.165) is 0 Å². The van der Waals surface area contributed by atoms with Crippen molar-refractivity contribution in [2.45, 2.75) is 4.21 Å². The molecule has 0 saturated carbocycles. The molecule has 0 unspecified atom stereocenters. The normalized spacial score (nSPS) is 11.2. The van der Waals surface area contributed by atoms with Gasteiger partial charge in [-0.25, -0.2) is 13.1 Å². The summed E-state index contributed by atoms with van der Waals surface area (Å²) in [4.78, 5) is 0. The largest absolute Gasteiger partial charge is 0.496 e. The van der Waals surface area contributed by atoms with Gasteiger partial charge in [-0.1, -0.05) is 6.07 Å². The standard InChI is InChI=1S/C14H17NO5S2/c1-18-11-8-12(19-2)10-13(9-11)20-6-5-15-22(16,17)14-4-3-7-21-14/h3-4,7-10,15H,5-6H2,1-2H3. The summed E-state index contributed by atoms with van der Waals surface area (Å²) in [6.07, 6.45) is 0. The second-order valence-corrected chi connectivity index (χ2v) is 7.17. The highest BCUT2D eigenvalue weighted by Crippen LogP contribution is 2.27. The van der Waals surface area contributed by atoms with Gasteiger partial charge in [-0.2, -0.15) is 0 Å². The summed E-state index contributed by atoms with van der Waals surface area (Å²) in [5, 5.41) is 1.72. The summed E-state index contributed by atoms with van der Waals surface area (Å²) in [6.45, 7) is 0.362. The Balaban J connectivity index is 1.89. The van der Waals surface area contributed by atoms with Crippen molar-refractivity contribution in [3.63, 3.8) is 0 Å². The lowest BCUT2D eigenvalue weighted by Crippen LogP contribution is -2.27. The molecular formula is C14H17NO5S2. The Morgan fingerprint density at radius 1 is 1.09 bits per heavy atom. The molecule has 0 saturated heterocycles. The van der Waals surface area contributed by atoms with Crippen LogP contribution in [-0.2, 0) is 10.0 Å². The maximum atomic E-state index is 11.9. The van der Waals surface area contributed by atoms with Crippen LogP contribution < -0.4 is 18.9 Å². The molecule has 0 aliphatic heterocycles. The third kappa shape index (κ3) is 4.36. The van der Waals surface area contributed by atoms with Crippen LogP contribution in [0.4, 0.5) is 0 Å². The number of hydrogen-bond acceptors (Lipinski definition) is 6. The summed E-state index contributed by atoms with van der Waals surface area (Å²) >= 11 is 1.17. The lowest BCUT2D eigenvalue weighted by Gasteiger charge is -2.10. The van der Waals surface area contributed by atoms with E-state index in [4.69, 9.17) is 14.2 Å². The van der Waals surface area contributed by atoms with Gasteiger partial charge in [-0.05, 0) is 11.4 Å². The van der Waals surface area contributed by atoms with Crippen LogP contribution in [0.2, 0.25) is 0 Å². The molecule has 0 aliphatic carbocycles. The number of benzene rings is 1. The molecule has 1 heterocycles. The van der Waals surface area contributed by atoms with Crippen LogP contribution in [0.5, 0.6) is 17.2 Å². The van der Waals surface area contributed by atoms with E-state index < -0.39 is 10.0 Å². The monoisotopic (exact) mass is 343 g/mol. The summed E-state index contributed by atoms with van der Waals surface area (Å²) in [5.74, 6) is 1.76. The molecule has 120 valence electrons. The zero-order valence-corrected chi connectivity index (χ0v) is 13.9. The van der Waals surface area contributed by atoms with Gasteiger partial charge < -0.3 is 14.2 Å². The highest BCUT2D eigenvalue weighted by molar-refractivity contribution is 7.91. The van der Waals surface area contributed by atoms with Crippen molar-refractivity contribution in [1.29, 1.82) is 0 Å². The van der Waals surface area contributed by atoms with Crippen LogP contribution in [0.3, 0.4) is 0 Å². The first-order valence-corrected chi connectivity index (χ1v) is 8.80. The molecule has 2 rings (SSSR count). The first-order chi connectivity index (χ1) is 10.5. The topological polar surface area (TPSA) is 73.9 Å². The quantitative estimate of drug-likeness (QED) is 0.743. The highest BCUT2D eigenvalue weighted by atomic mass is 32.2. The van der Waals surface area contributed by atoms with Crippen LogP contribution in [0.1, 0.15) is 0 Å². The molecular weight excluding hydrogens is 326 g/mol. The van der Waals surface area contributed by atoms with Gasteiger partial charge in [0.25, 0.3) is 0 Å². The number of hydrogen-bond donors (Lipinski definition) is 1. The molecule has 22 heavy (non-hydrogen) atoms. The van der Waals surface area contributed by atoms with Crippen molar-refractivity contribution in [1.82, 2.24) is 4.72 Å². The highest BCUT2D eigenvalue weighted by Gasteiger charge is 2.14. The van der Waals surface area contributed by atoms with Crippen molar-refractivity contribution in [3.8, 4) is 17.2 Å². The first kappa shape index (κ1) is 16.6. The summed E-state index contributed by atoms with van der Waals surface area (Å²) in [6, 6.07) is 8.39.